The number of rotatable bonds is 1. The number of anilines is 1. The lowest BCUT2D eigenvalue weighted by atomic mass is 9.97. The Morgan fingerprint density at radius 1 is 1.16 bits per heavy atom. The topological polar surface area (TPSA) is 40.6 Å². The number of fused-ring (bicyclic) bond motifs is 1. The van der Waals surface area contributed by atoms with E-state index >= 15 is 0 Å². The molecule has 1 aromatic rings. The lowest BCUT2D eigenvalue weighted by Crippen LogP contribution is -2.61. The van der Waals surface area contributed by atoms with Crippen molar-refractivity contribution < 1.29 is 9.59 Å². The maximum atomic E-state index is 12.6. The number of piperidine rings is 1. The molecule has 100 valence electrons. The fourth-order valence-electron chi connectivity index (χ4n) is 3.04. The van der Waals surface area contributed by atoms with Crippen LogP contribution in [0, 0.1) is 6.92 Å². The molecule has 3 rings (SSSR count). The van der Waals surface area contributed by atoms with Gasteiger partial charge in [0.2, 0.25) is 11.8 Å². The molecule has 4 heteroatoms. The van der Waals surface area contributed by atoms with Crippen LogP contribution < -0.4 is 4.90 Å². The summed E-state index contributed by atoms with van der Waals surface area (Å²) in [6.07, 6.45) is 2.84. The minimum Gasteiger partial charge on any atom is -0.329 e. The average molecular weight is 258 g/mol. The van der Waals surface area contributed by atoms with Crippen LogP contribution in [0.5, 0.6) is 0 Å². The average Bonchev–Trinajstić information content (AvgIpc) is 2.44. The minimum absolute atomic E-state index is 0.0764. The van der Waals surface area contributed by atoms with Gasteiger partial charge in [0.05, 0.1) is 0 Å². The second-order valence-electron chi connectivity index (χ2n) is 5.31. The number of piperazine rings is 1. The van der Waals surface area contributed by atoms with Gasteiger partial charge < -0.3 is 9.80 Å². The molecule has 1 atom stereocenters. The summed E-state index contributed by atoms with van der Waals surface area (Å²) in [5.74, 6) is 0.154. The Kier molecular flexibility index (Phi) is 3.01. The first-order valence-corrected chi connectivity index (χ1v) is 6.85. The molecule has 2 saturated heterocycles. The first-order chi connectivity index (χ1) is 9.18. The number of amides is 2. The Bertz CT molecular complexity index is 527. The second kappa shape index (κ2) is 4.68. The molecule has 2 heterocycles. The summed E-state index contributed by atoms with van der Waals surface area (Å²) in [4.78, 5) is 28.2. The quantitative estimate of drug-likeness (QED) is 0.769. The number of aryl methyl sites for hydroxylation is 1. The van der Waals surface area contributed by atoms with Crippen molar-refractivity contribution in [3.05, 3.63) is 29.8 Å². The molecule has 19 heavy (non-hydrogen) atoms. The number of benzene rings is 1. The highest BCUT2D eigenvalue weighted by Crippen LogP contribution is 2.28. The van der Waals surface area contributed by atoms with Crippen LogP contribution in [0.1, 0.15) is 24.8 Å². The lowest BCUT2D eigenvalue weighted by molar-refractivity contribution is -0.144. The zero-order valence-corrected chi connectivity index (χ0v) is 11.1. The van der Waals surface area contributed by atoms with E-state index in [9.17, 15) is 9.59 Å². The van der Waals surface area contributed by atoms with E-state index in [4.69, 9.17) is 0 Å². The summed E-state index contributed by atoms with van der Waals surface area (Å²) >= 11 is 0. The molecule has 0 bridgehead atoms. The first-order valence-electron chi connectivity index (χ1n) is 6.85. The number of carbonyl (C=O) groups is 2. The van der Waals surface area contributed by atoms with Gasteiger partial charge in [-0.1, -0.05) is 18.2 Å². The third-order valence-corrected chi connectivity index (χ3v) is 4.07. The standard InChI is InChI=1S/C15H18N2O2/c1-11-6-2-3-7-12(11)17-10-14(18)16-9-5-4-8-13(16)15(17)19/h2-3,6-7,13H,4-5,8-10H2,1H3. The highest BCUT2D eigenvalue weighted by Gasteiger charge is 2.41. The van der Waals surface area contributed by atoms with Crippen LogP contribution in [0.25, 0.3) is 0 Å². The molecule has 1 unspecified atom stereocenters. The van der Waals surface area contributed by atoms with E-state index in [1.807, 2.05) is 31.2 Å². The van der Waals surface area contributed by atoms with Crippen LogP contribution in [0.15, 0.2) is 24.3 Å². The number of hydrogen-bond donors (Lipinski definition) is 0. The summed E-state index contributed by atoms with van der Waals surface area (Å²) in [5, 5.41) is 0. The SMILES string of the molecule is Cc1ccccc1N1CC(=O)N2CCCCC2C1=O. The van der Waals surface area contributed by atoms with Gasteiger partial charge in [-0.3, -0.25) is 9.59 Å². The summed E-state index contributed by atoms with van der Waals surface area (Å²) in [6, 6.07) is 7.50. The van der Waals surface area contributed by atoms with Gasteiger partial charge in [-0.25, -0.2) is 0 Å². The van der Waals surface area contributed by atoms with Crippen molar-refractivity contribution in [1.82, 2.24) is 4.90 Å². The smallest absolute Gasteiger partial charge is 0.250 e. The largest absolute Gasteiger partial charge is 0.329 e. The maximum Gasteiger partial charge on any atom is 0.250 e. The molecule has 0 aromatic heterocycles. The van der Waals surface area contributed by atoms with Crippen LogP contribution in [0.4, 0.5) is 5.69 Å². The Labute approximate surface area is 113 Å². The van der Waals surface area contributed by atoms with Crippen LogP contribution in [-0.4, -0.2) is 35.8 Å². The van der Waals surface area contributed by atoms with Crippen molar-refractivity contribution in [3.8, 4) is 0 Å². The van der Waals surface area contributed by atoms with E-state index in [0.29, 0.717) is 0 Å². The molecule has 2 aliphatic heterocycles. The molecule has 0 N–H and O–H groups in total. The number of para-hydroxylation sites is 1. The Morgan fingerprint density at radius 2 is 1.95 bits per heavy atom. The van der Waals surface area contributed by atoms with Gasteiger partial charge in [0.1, 0.15) is 12.6 Å². The van der Waals surface area contributed by atoms with Crippen molar-refractivity contribution in [1.29, 1.82) is 0 Å². The van der Waals surface area contributed by atoms with Gasteiger partial charge in [-0.15, -0.1) is 0 Å². The zero-order valence-electron chi connectivity index (χ0n) is 11.1. The van der Waals surface area contributed by atoms with Crippen LogP contribution in [0.3, 0.4) is 0 Å². The van der Waals surface area contributed by atoms with Gasteiger partial charge in [-0.05, 0) is 37.8 Å². The number of hydrogen-bond acceptors (Lipinski definition) is 2. The molecular weight excluding hydrogens is 240 g/mol. The zero-order chi connectivity index (χ0) is 13.4. The van der Waals surface area contributed by atoms with Crippen molar-refractivity contribution in [2.24, 2.45) is 0 Å². The predicted molar refractivity (Wildman–Crippen MR) is 72.9 cm³/mol. The Balaban J connectivity index is 1.94. The first kappa shape index (κ1) is 12.2. The van der Waals surface area contributed by atoms with Gasteiger partial charge in [-0.2, -0.15) is 0 Å². The summed E-state index contributed by atoms with van der Waals surface area (Å²) in [7, 11) is 0. The van der Waals surface area contributed by atoms with E-state index < -0.39 is 0 Å². The summed E-state index contributed by atoms with van der Waals surface area (Å²) < 4.78 is 0. The molecule has 2 fully saturated rings. The molecular formula is C15H18N2O2. The minimum atomic E-state index is -0.241. The van der Waals surface area contributed by atoms with E-state index in [-0.39, 0.29) is 24.4 Å². The molecule has 1 aromatic carbocycles. The Hall–Kier alpha value is -1.84. The lowest BCUT2D eigenvalue weighted by Gasteiger charge is -2.43. The van der Waals surface area contributed by atoms with Gasteiger partial charge in [0.25, 0.3) is 0 Å². The summed E-state index contributed by atoms with van der Waals surface area (Å²) in [6.45, 7) is 2.89. The van der Waals surface area contributed by atoms with E-state index in [0.717, 1.165) is 37.1 Å². The molecule has 0 radical (unpaired) electrons. The fourth-order valence-corrected chi connectivity index (χ4v) is 3.04. The monoisotopic (exact) mass is 258 g/mol. The number of carbonyl (C=O) groups excluding carboxylic acids is 2. The van der Waals surface area contributed by atoms with Crippen molar-refractivity contribution in [2.75, 3.05) is 18.0 Å². The molecule has 0 saturated carbocycles. The van der Waals surface area contributed by atoms with Gasteiger partial charge >= 0.3 is 0 Å². The summed E-state index contributed by atoms with van der Waals surface area (Å²) in [5.41, 5.74) is 1.90. The number of nitrogens with zero attached hydrogens (tertiary/aromatic N) is 2. The van der Waals surface area contributed by atoms with Crippen molar-refractivity contribution >= 4 is 17.5 Å². The molecule has 2 aliphatic rings. The highest BCUT2D eigenvalue weighted by molar-refractivity contribution is 6.07. The van der Waals surface area contributed by atoms with E-state index in [1.54, 1.807) is 9.80 Å². The highest BCUT2D eigenvalue weighted by atomic mass is 16.2. The molecule has 0 aliphatic carbocycles. The molecule has 2 amide bonds. The van der Waals surface area contributed by atoms with Crippen LogP contribution >= 0.6 is 0 Å². The van der Waals surface area contributed by atoms with Crippen molar-refractivity contribution in [3.63, 3.8) is 0 Å². The normalized spacial score (nSPS) is 23.5. The van der Waals surface area contributed by atoms with E-state index in [1.165, 1.54) is 0 Å². The van der Waals surface area contributed by atoms with Crippen LogP contribution in [-0.2, 0) is 9.59 Å². The third-order valence-electron chi connectivity index (χ3n) is 4.07. The third kappa shape index (κ3) is 2.01. The van der Waals surface area contributed by atoms with Crippen molar-refractivity contribution in [2.45, 2.75) is 32.2 Å². The molecule has 4 nitrogen and oxygen atoms in total. The van der Waals surface area contributed by atoms with Gasteiger partial charge in [0.15, 0.2) is 0 Å². The fraction of sp³-hybridized carbons (Fsp3) is 0.467. The second-order valence-corrected chi connectivity index (χ2v) is 5.31. The van der Waals surface area contributed by atoms with Crippen LogP contribution in [0.2, 0.25) is 0 Å². The van der Waals surface area contributed by atoms with E-state index in [2.05, 4.69) is 0 Å². The van der Waals surface area contributed by atoms with Gasteiger partial charge in [0, 0.05) is 12.2 Å². The molecule has 0 spiro atoms. The predicted octanol–water partition coefficient (Wildman–Crippen LogP) is 1.72. The Morgan fingerprint density at radius 3 is 2.74 bits per heavy atom. The maximum absolute atomic E-state index is 12.6.